The minimum atomic E-state index is 0.770. The van der Waals surface area contributed by atoms with Gasteiger partial charge in [0, 0.05) is 12.2 Å². The van der Waals surface area contributed by atoms with Crippen LogP contribution in [0.15, 0.2) is 24.6 Å². The lowest BCUT2D eigenvalue weighted by Gasteiger charge is -1.97. The highest BCUT2D eigenvalue weighted by Gasteiger charge is 1.74. The number of nitrogens with one attached hydrogen (secondary N) is 1. The molecule has 0 aromatic rings. The van der Waals surface area contributed by atoms with Crippen molar-refractivity contribution in [3.63, 3.8) is 0 Å². The zero-order chi connectivity index (χ0) is 6.41. The Hall–Kier alpha value is -0.920. The lowest BCUT2D eigenvalue weighted by molar-refractivity contribution is 0.909. The number of hydrogen-bond donors (Lipinski definition) is 2. The van der Waals surface area contributed by atoms with Crippen molar-refractivity contribution in [2.24, 2.45) is 5.73 Å². The van der Waals surface area contributed by atoms with Crippen molar-refractivity contribution in [2.75, 3.05) is 6.54 Å². The number of allylic oxidation sites excluding steroid dienone is 1. The van der Waals surface area contributed by atoms with Crippen LogP contribution in [0.5, 0.6) is 0 Å². The van der Waals surface area contributed by atoms with E-state index in [-0.39, 0.29) is 0 Å². The topological polar surface area (TPSA) is 38.0 Å². The predicted octanol–water partition coefficient (Wildman–Crippen LogP) is 0.582. The first kappa shape index (κ1) is 7.08. The van der Waals surface area contributed by atoms with Crippen molar-refractivity contribution in [1.82, 2.24) is 5.32 Å². The zero-order valence-corrected chi connectivity index (χ0v) is 5.15. The van der Waals surface area contributed by atoms with Crippen LogP contribution < -0.4 is 11.1 Å². The SMILES string of the molecule is C=C(C)NC/C=C\N. The van der Waals surface area contributed by atoms with Crippen molar-refractivity contribution in [2.45, 2.75) is 6.92 Å². The van der Waals surface area contributed by atoms with Crippen LogP contribution in [-0.2, 0) is 0 Å². The summed E-state index contributed by atoms with van der Waals surface area (Å²) in [7, 11) is 0. The third kappa shape index (κ3) is 5.08. The van der Waals surface area contributed by atoms with Gasteiger partial charge in [-0.1, -0.05) is 6.58 Å². The molecule has 0 bridgehead atoms. The summed E-state index contributed by atoms with van der Waals surface area (Å²) >= 11 is 0. The molecule has 2 nitrogen and oxygen atoms in total. The third-order valence-electron chi connectivity index (χ3n) is 0.658. The van der Waals surface area contributed by atoms with E-state index < -0.39 is 0 Å². The van der Waals surface area contributed by atoms with E-state index in [0.29, 0.717) is 0 Å². The molecule has 0 fully saturated rings. The number of hydrogen-bond acceptors (Lipinski definition) is 2. The average Bonchev–Trinajstić information content (AvgIpc) is 1.66. The van der Waals surface area contributed by atoms with Gasteiger partial charge < -0.3 is 11.1 Å². The summed E-state index contributed by atoms with van der Waals surface area (Å²) in [6, 6.07) is 0. The van der Waals surface area contributed by atoms with Gasteiger partial charge in [0.1, 0.15) is 0 Å². The van der Waals surface area contributed by atoms with Crippen LogP contribution in [0.3, 0.4) is 0 Å². The third-order valence-corrected chi connectivity index (χ3v) is 0.658. The van der Waals surface area contributed by atoms with Crippen LogP contribution in [0.25, 0.3) is 0 Å². The van der Waals surface area contributed by atoms with Crippen LogP contribution in [-0.4, -0.2) is 6.54 Å². The normalized spacial score (nSPS) is 9.62. The minimum Gasteiger partial charge on any atom is -0.405 e. The van der Waals surface area contributed by atoms with Crippen LogP contribution in [0.2, 0.25) is 0 Å². The molecule has 0 unspecified atom stereocenters. The molecule has 0 aliphatic rings. The molecule has 0 saturated carbocycles. The quantitative estimate of drug-likeness (QED) is 0.560. The van der Waals surface area contributed by atoms with E-state index in [1.54, 1.807) is 0 Å². The van der Waals surface area contributed by atoms with Gasteiger partial charge in [0.25, 0.3) is 0 Å². The van der Waals surface area contributed by atoms with Crippen LogP contribution in [0.4, 0.5) is 0 Å². The fraction of sp³-hybridized carbons (Fsp3) is 0.333. The van der Waals surface area contributed by atoms with E-state index in [4.69, 9.17) is 5.73 Å². The van der Waals surface area contributed by atoms with E-state index in [1.165, 1.54) is 6.20 Å². The van der Waals surface area contributed by atoms with Gasteiger partial charge in [0.15, 0.2) is 0 Å². The van der Waals surface area contributed by atoms with E-state index in [2.05, 4.69) is 11.9 Å². The highest BCUT2D eigenvalue weighted by atomic mass is 14.9. The standard InChI is InChI=1S/C6H12N2/c1-6(2)8-5-3-4-7/h3-4,8H,1,5,7H2,2H3/b4-3-. The maximum atomic E-state index is 5.06. The molecule has 0 saturated heterocycles. The van der Waals surface area contributed by atoms with Gasteiger partial charge in [0.05, 0.1) is 0 Å². The Morgan fingerprint density at radius 2 is 2.50 bits per heavy atom. The summed E-state index contributed by atoms with van der Waals surface area (Å²) in [5.41, 5.74) is 6.03. The Morgan fingerprint density at radius 3 is 2.88 bits per heavy atom. The largest absolute Gasteiger partial charge is 0.405 e. The second kappa shape index (κ2) is 4.24. The van der Waals surface area contributed by atoms with Crippen molar-refractivity contribution in [1.29, 1.82) is 0 Å². The molecule has 0 aromatic carbocycles. The predicted molar refractivity (Wildman–Crippen MR) is 36.1 cm³/mol. The molecule has 3 N–H and O–H groups in total. The first-order valence-electron chi connectivity index (χ1n) is 2.53. The van der Waals surface area contributed by atoms with Crippen molar-refractivity contribution < 1.29 is 0 Å². The van der Waals surface area contributed by atoms with Crippen LogP contribution >= 0.6 is 0 Å². The fourth-order valence-corrected chi connectivity index (χ4v) is 0.301. The first-order chi connectivity index (χ1) is 3.77. The molecule has 0 radical (unpaired) electrons. The van der Waals surface area contributed by atoms with Crippen molar-refractivity contribution >= 4 is 0 Å². The van der Waals surface area contributed by atoms with Gasteiger partial charge in [-0.3, -0.25) is 0 Å². The van der Waals surface area contributed by atoms with Crippen molar-refractivity contribution in [3.8, 4) is 0 Å². The fourth-order valence-electron chi connectivity index (χ4n) is 0.301. The second-order valence-corrected chi connectivity index (χ2v) is 1.59. The molecule has 0 rings (SSSR count). The first-order valence-corrected chi connectivity index (χ1v) is 2.53. The minimum absolute atomic E-state index is 0.770. The van der Waals surface area contributed by atoms with Gasteiger partial charge in [-0.15, -0.1) is 0 Å². The lowest BCUT2D eigenvalue weighted by Crippen LogP contribution is -2.09. The average molecular weight is 112 g/mol. The highest BCUT2D eigenvalue weighted by Crippen LogP contribution is 1.75. The summed E-state index contributed by atoms with van der Waals surface area (Å²) < 4.78 is 0. The second-order valence-electron chi connectivity index (χ2n) is 1.59. The zero-order valence-electron chi connectivity index (χ0n) is 5.15. The van der Waals surface area contributed by atoms with Crippen LogP contribution in [0, 0.1) is 0 Å². The molecule has 0 aliphatic heterocycles. The van der Waals surface area contributed by atoms with Crippen LogP contribution in [0.1, 0.15) is 6.92 Å². The van der Waals surface area contributed by atoms with Gasteiger partial charge >= 0.3 is 0 Å². The maximum absolute atomic E-state index is 5.06. The summed E-state index contributed by atoms with van der Waals surface area (Å²) in [4.78, 5) is 0. The lowest BCUT2D eigenvalue weighted by atomic mass is 10.5. The van der Waals surface area contributed by atoms with E-state index in [9.17, 15) is 0 Å². The molecule has 0 heterocycles. The summed E-state index contributed by atoms with van der Waals surface area (Å²) in [6.45, 7) is 6.32. The molecule has 8 heavy (non-hydrogen) atoms. The maximum Gasteiger partial charge on any atom is 0.0344 e. The molecule has 0 amide bonds. The Morgan fingerprint density at radius 1 is 1.88 bits per heavy atom. The van der Waals surface area contributed by atoms with Gasteiger partial charge in [0.2, 0.25) is 0 Å². The summed E-state index contributed by atoms with van der Waals surface area (Å²) in [5.74, 6) is 0. The van der Waals surface area contributed by atoms with E-state index >= 15 is 0 Å². The summed E-state index contributed by atoms with van der Waals surface area (Å²) in [5, 5.41) is 2.99. The number of nitrogens with two attached hydrogens (primary N) is 1. The number of rotatable bonds is 3. The molecule has 0 atom stereocenters. The Bertz CT molecular complexity index is 94.7. The van der Waals surface area contributed by atoms with E-state index in [0.717, 1.165) is 12.2 Å². The molecule has 0 spiro atoms. The molecule has 0 aliphatic carbocycles. The molecule has 0 aromatic heterocycles. The smallest absolute Gasteiger partial charge is 0.0344 e. The van der Waals surface area contributed by atoms with Gasteiger partial charge in [-0.25, -0.2) is 0 Å². The monoisotopic (exact) mass is 112 g/mol. The van der Waals surface area contributed by atoms with Gasteiger partial charge in [-0.05, 0) is 19.2 Å². The molecule has 46 valence electrons. The highest BCUT2D eigenvalue weighted by molar-refractivity contribution is 4.89. The Labute approximate surface area is 50.1 Å². The van der Waals surface area contributed by atoms with E-state index in [1.807, 2.05) is 13.0 Å². The molecule has 2 heteroatoms. The molecular formula is C6H12N2. The summed E-state index contributed by atoms with van der Waals surface area (Å²) in [6.07, 6.45) is 3.34. The molecular weight excluding hydrogens is 100 g/mol. The Kier molecular flexibility index (Phi) is 3.76. The van der Waals surface area contributed by atoms with Gasteiger partial charge in [-0.2, -0.15) is 0 Å². The van der Waals surface area contributed by atoms with Crippen molar-refractivity contribution in [3.05, 3.63) is 24.6 Å². The Balaban J connectivity index is 3.05.